The molecule has 6 rings (SSSR count). The Bertz CT molecular complexity index is 1960. The fraction of sp³-hybridized carbons (Fsp3) is 0.100. The summed E-state index contributed by atoms with van der Waals surface area (Å²) in [6, 6.07) is 25.6. The molecule has 0 atom stereocenters. The second kappa shape index (κ2) is 9.64. The van der Waals surface area contributed by atoms with Crippen LogP contribution < -0.4 is 15.7 Å². The van der Waals surface area contributed by atoms with Crippen LogP contribution in [0.3, 0.4) is 0 Å². The number of para-hydroxylation sites is 1. The highest BCUT2D eigenvalue weighted by atomic mass is 32.1. The molecule has 0 bridgehead atoms. The van der Waals surface area contributed by atoms with Gasteiger partial charge >= 0.3 is 0 Å². The summed E-state index contributed by atoms with van der Waals surface area (Å²) in [5, 5.41) is 9.30. The van der Waals surface area contributed by atoms with Crippen molar-refractivity contribution >= 4 is 22.4 Å². The number of hydrogen-bond acceptors (Lipinski definition) is 6. The number of benzene rings is 3. The standard InChI is InChI=1S/C30H23N5O2S/c1-19-13-14-20(2)24(15-19)27-22(18-34(33-27)23-11-7-4-8-12-23)17-26-29(37)35-30(38-26)31-28(36)25(32-35)16-21-9-5-3-6-10-21/h3-15,17-18H,16H2,1-2H3. The van der Waals surface area contributed by atoms with Crippen LogP contribution in [0.4, 0.5) is 0 Å². The van der Waals surface area contributed by atoms with Gasteiger partial charge in [0.05, 0.1) is 10.2 Å². The summed E-state index contributed by atoms with van der Waals surface area (Å²) in [4.78, 5) is 30.5. The number of aromatic nitrogens is 5. The minimum absolute atomic E-state index is 0.239. The van der Waals surface area contributed by atoms with E-state index in [1.165, 1.54) is 4.52 Å². The van der Waals surface area contributed by atoms with Crippen molar-refractivity contribution in [1.82, 2.24) is 24.4 Å². The van der Waals surface area contributed by atoms with Gasteiger partial charge in [-0.2, -0.15) is 19.7 Å². The Morgan fingerprint density at radius 3 is 2.39 bits per heavy atom. The summed E-state index contributed by atoms with van der Waals surface area (Å²) in [7, 11) is 0. The van der Waals surface area contributed by atoms with E-state index in [4.69, 9.17) is 5.10 Å². The third kappa shape index (κ3) is 4.46. The lowest BCUT2D eigenvalue weighted by Gasteiger charge is -2.05. The van der Waals surface area contributed by atoms with Gasteiger partial charge in [0.1, 0.15) is 11.4 Å². The SMILES string of the molecule is Cc1ccc(C)c(-c2nn(-c3ccccc3)cc2C=c2sc3nc(=O)c(Cc4ccccc4)nn3c2=O)c1. The van der Waals surface area contributed by atoms with Crippen molar-refractivity contribution in [2.24, 2.45) is 0 Å². The van der Waals surface area contributed by atoms with Gasteiger partial charge in [0.15, 0.2) is 0 Å². The minimum Gasteiger partial charge on any atom is -0.266 e. The number of fused-ring (bicyclic) bond motifs is 1. The first-order valence-electron chi connectivity index (χ1n) is 12.2. The van der Waals surface area contributed by atoms with Crippen molar-refractivity contribution in [1.29, 1.82) is 0 Å². The lowest BCUT2D eigenvalue weighted by molar-refractivity contribution is 0.811. The van der Waals surface area contributed by atoms with Gasteiger partial charge in [-0.25, -0.2) is 4.68 Å². The molecule has 0 aliphatic rings. The molecule has 0 saturated heterocycles. The van der Waals surface area contributed by atoms with E-state index in [1.54, 1.807) is 0 Å². The smallest absolute Gasteiger partial charge is 0.266 e. The molecule has 7 nitrogen and oxygen atoms in total. The summed E-state index contributed by atoms with van der Waals surface area (Å²) in [6.07, 6.45) is 4.04. The molecule has 0 aliphatic carbocycles. The number of hydrogen-bond donors (Lipinski definition) is 0. The highest BCUT2D eigenvalue weighted by Gasteiger charge is 2.16. The van der Waals surface area contributed by atoms with Gasteiger partial charge in [-0.15, -0.1) is 0 Å². The Balaban J connectivity index is 1.52. The maximum atomic E-state index is 13.4. The lowest BCUT2D eigenvalue weighted by Crippen LogP contribution is -2.28. The molecule has 3 aromatic carbocycles. The van der Waals surface area contributed by atoms with Crippen LogP contribution in [0.2, 0.25) is 0 Å². The Morgan fingerprint density at radius 1 is 0.895 bits per heavy atom. The summed E-state index contributed by atoms with van der Waals surface area (Å²) in [5.74, 6) is 0. The van der Waals surface area contributed by atoms with Gasteiger partial charge < -0.3 is 0 Å². The third-order valence-electron chi connectivity index (χ3n) is 6.36. The molecule has 38 heavy (non-hydrogen) atoms. The van der Waals surface area contributed by atoms with Crippen molar-refractivity contribution in [3.63, 3.8) is 0 Å². The van der Waals surface area contributed by atoms with Crippen molar-refractivity contribution in [2.75, 3.05) is 0 Å². The quantitative estimate of drug-likeness (QED) is 0.344. The van der Waals surface area contributed by atoms with E-state index in [0.717, 1.165) is 50.5 Å². The summed E-state index contributed by atoms with van der Waals surface area (Å²) >= 11 is 1.15. The average molecular weight is 518 g/mol. The predicted octanol–water partition coefficient (Wildman–Crippen LogP) is 4.12. The molecule has 0 aliphatic heterocycles. The first-order valence-corrected chi connectivity index (χ1v) is 13.0. The zero-order valence-corrected chi connectivity index (χ0v) is 21.6. The summed E-state index contributed by atoms with van der Waals surface area (Å²) in [5.41, 5.74) is 6.11. The number of aryl methyl sites for hydroxylation is 2. The van der Waals surface area contributed by atoms with E-state index < -0.39 is 5.56 Å². The van der Waals surface area contributed by atoms with E-state index in [9.17, 15) is 9.59 Å². The Labute approximate surface area is 222 Å². The van der Waals surface area contributed by atoms with Crippen molar-refractivity contribution in [3.8, 4) is 16.9 Å². The van der Waals surface area contributed by atoms with E-state index >= 15 is 0 Å². The molecular weight excluding hydrogens is 494 g/mol. The fourth-order valence-electron chi connectivity index (χ4n) is 4.39. The van der Waals surface area contributed by atoms with Crippen LogP contribution in [-0.2, 0) is 6.42 Å². The molecule has 0 unspecified atom stereocenters. The van der Waals surface area contributed by atoms with Crippen LogP contribution in [0, 0.1) is 13.8 Å². The Hall–Kier alpha value is -4.69. The van der Waals surface area contributed by atoms with E-state index in [-0.39, 0.29) is 16.2 Å². The van der Waals surface area contributed by atoms with E-state index in [1.807, 2.05) is 91.5 Å². The molecule has 0 amide bonds. The molecule has 3 heterocycles. The van der Waals surface area contributed by atoms with Gasteiger partial charge in [-0.1, -0.05) is 77.6 Å². The lowest BCUT2D eigenvalue weighted by atomic mass is 10.0. The molecule has 0 spiro atoms. The number of thiazole rings is 1. The highest BCUT2D eigenvalue weighted by molar-refractivity contribution is 7.15. The van der Waals surface area contributed by atoms with Crippen LogP contribution in [0.15, 0.2) is 94.6 Å². The second-order valence-corrected chi connectivity index (χ2v) is 10.2. The highest BCUT2D eigenvalue weighted by Crippen LogP contribution is 2.28. The van der Waals surface area contributed by atoms with Crippen LogP contribution in [0.5, 0.6) is 0 Å². The molecule has 6 aromatic rings. The van der Waals surface area contributed by atoms with E-state index in [2.05, 4.69) is 28.3 Å². The van der Waals surface area contributed by atoms with Gasteiger partial charge in [-0.3, -0.25) is 9.59 Å². The molecule has 0 N–H and O–H groups in total. The van der Waals surface area contributed by atoms with Crippen LogP contribution >= 0.6 is 11.3 Å². The molecule has 0 saturated carbocycles. The van der Waals surface area contributed by atoms with E-state index in [0.29, 0.717) is 11.0 Å². The van der Waals surface area contributed by atoms with Crippen LogP contribution in [0.25, 0.3) is 28.0 Å². The van der Waals surface area contributed by atoms with Gasteiger partial charge in [0, 0.05) is 23.7 Å². The molecule has 0 fully saturated rings. The van der Waals surface area contributed by atoms with Gasteiger partial charge in [0.2, 0.25) is 4.96 Å². The molecule has 3 aromatic heterocycles. The molecule has 186 valence electrons. The zero-order chi connectivity index (χ0) is 26.2. The van der Waals surface area contributed by atoms with Crippen LogP contribution in [-0.4, -0.2) is 24.4 Å². The molecule has 8 heteroatoms. The van der Waals surface area contributed by atoms with Crippen molar-refractivity contribution < 1.29 is 0 Å². The van der Waals surface area contributed by atoms with Crippen LogP contribution in [0.1, 0.15) is 27.9 Å². The normalized spacial score (nSPS) is 11.9. The molecule has 0 radical (unpaired) electrons. The first-order chi connectivity index (χ1) is 18.5. The number of nitrogens with zero attached hydrogens (tertiary/aromatic N) is 5. The molecular formula is C30H23N5O2S. The minimum atomic E-state index is -0.422. The largest absolute Gasteiger partial charge is 0.296 e. The average Bonchev–Trinajstić information content (AvgIpc) is 3.48. The fourth-order valence-corrected chi connectivity index (χ4v) is 5.28. The topological polar surface area (TPSA) is 82.2 Å². The second-order valence-electron chi connectivity index (χ2n) is 9.17. The Morgan fingerprint density at radius 2 is 1.63 bits per heavy atom. The maximum absolute atomic E-state index is 13.4. The third-order valence-corrected chi connectivity index (χ3v) is 7.32. The Kier molecular flexibility index (Phi) is 6.01. The summed E-state index contributed by atoms with van der Waals surface area (Å²) < 4.78 is 3.48. The monoisotopic (exact) mass is 517 g/mol. The van der Waals surface area contributed by atoms with Gasteiger partial charge in [0.25, 0.3) is 11.1 Å². The first kappa shape index (κ1) is 23.7. The van der Waals surface area contributed by atoms with Crippen molar-refractivity contribution in [2.45, 2.75) is 20.3 Å². The predicted molar refractivity (Wildman–Crippen MR) is 150 cm³/mol. The summed E-state index contributed by atoms with van der Waals surface area (Å²) in [6.45, 7) is 4.09. The number of rotatable bonds is 5. The van der Waals surface area contributed by atoms with Gasteiger partial charge in [-0.05, 0) is 49.2 Å². The zero-order valence-electron chi connectivity index (χ0n) is 20.8. The maximum Gasteiger partial charge on any atom is 0.296 e. The van der Waals surface area contributed by atoms with Crippen molar-refractivity contribution in [3.05, 3.63) is 138 Å².